The van der Waals surface area contributed by atoms with Crippen molar-refractivity contribution in [2.45, 2.75) is 12.2 Å². The number of rotatable bonds is 4. The summed E-state index contributed by atoms with van der Waals surface area (Å²) in [6.07, 6.45) is -4.68. The summed E-state index contributed by atoms with van der Waals surface area (Å²) in [6, 6.07) is 14.4. The number of ketones is 1. The third-order valence-corrected chi connectivity index (χ3v) is 5.43. The number of aliphatic hydroxyl groups is 1. The number of phenols is 1. The Morgan fingerprint density at radius 3 is 2.35 bits per heavy atom. The number of phenolic OH excluding ortho intramolecular Hbond substituents is 1. The Kier molecular flexibility index (Phi) is 5.78. The molecule has 2 N–H and O–H groups in total. The van der Waals surface area contributed by atoms with Crippen LogP contribution >= 0.6 is 0 Å². The Balaban J connectivity index is 1.96. The first-order chi connectivity index (χ1) is 16.1. The van der Waals surface area contributed by atoms with E-state index in [9.17, 15) is 33.0 Å². The topological polar surface area (TPSA) is 87.1 Å². The van der Waals surface area contributed by atoms with Gasteiger partial charge in [-0.2, -0.15) is 13.2 Å². The maximum Gasteiger partial charge on any atom is 0.416 e. The van der Waals surface area contributed by atoms with Crippen LogP contribution in [0, 0.1) is 0 Å². The quantitative estimate of drug-likeness (QED) is 0.317. The van der Waals surface area contributed by atoms with Gasteiger partial charge in [0.15, 0.2) is 0 Å². The number of carbonyl (C=O) groups is 2. The van der Waals surface area contributed by atoms with Crippen LogP contribution in [-0.2, 0) is 15.8 Å². The van der Waals surface area contributed by atoms with Crippen molar-refractivity contribution in [1.82, 2.24) is 0 Å². The predicted molar refractivity (Wildman–Crippen MR) is 117 cm³/mol. The molecule has 1 saturated heterocycles. The van der Waals surface area contributed by atoms with E-state index in [-0.39, 0.29) is 28.1 Å². The lowest BCUT2D eigenvalue weighted by Crippen LogP contribution is -2.29. The van der Waals surface area contributed by atoms with Crippen molar-refractivity contribution in [2.75, 3.05) is 12.0 Å². The fraction of sp³-hybridized carbons (Fsp3) is 0.120. The van der Waals surface area contributed by atoms with Gasteiger partial charge in [-0.3, -0.25) is 14.5 Å². The number of benzene rings is 3. The van der Waals surface area contributed by atoms with E-state index >= 15 is 0 Å². The lowest BCUT2D eigenvalue weighted by atomic mass is 9.95. The predicted octanol–water partition coefficient (Wildman–Crippen LogP) is 5.05. The zero-order valence-corrected chi connectivity index (χ0v) is 17.7. The molecule has 174 valence electrons. The summed E-state index contributed by atoms with van der Waals surface area (Å²) in [7, 11) is 1.42. The fourth-order valence-corrected chi connectivity index (χ4v) is 3.87. The highest BCUT2D eigenvalue weighted by molar-refractivity contribution is 6.51. The average molecular weight is 469 g/mol. The normalized spacial score (nSPS) is 17.8. The van der Waals surface area contributed by atoms with Crippen molar-refractivity contribution < 1.29 is 37.7 Å². The first-order valence-electron chi connectivity index (χ1n) is 10.0. The number of anilines is 1. The maximum atomic E-state index is 13.3. The van der Waals surface area contributed by atoms with Gasteiger partial charge in [0.2, 0.25) is 0 Å². The van der Waals surface area contributed by atoms with Gasteiger partial charge in [-0.25, -0.2) is 0 Å². The van der Waals surface area contributed by atoms with E-state index in [0.29, 0.717) is 5.75 Å². The minimum atomic E-state index is -4.68. The lowest BCUT2D eigenvalue weighted by molar-refractivity contribution is -0.137. The second-order valence-electron chi connectivity index (χ2n) is 7.54. The Morgan fingerprint density at radius 1 is 0.971 bits per heavy atom. The molecule has 3 aromatic carbocycles. The fourth-order valence-electron chi connectivity index (χ4n) is 3.87. The van der Waals surface area contributed by atoms with Gasteiger partial charge in [-0.1, -0.05) is 30.3 Å². The Labute approximate surface area is 192 Å². The monoisotopic (exact) mass is 469 g/mol. The van der Waals surface area contributed by atoms with E-state index in [1.165, 1.54) is 49.6 Å². The van der Waals surface area contributed by atoms with Gasteiger partial charge in [0.1, 0.15) is 17.3 Å². The molecule has 1 heterocycles. The standard InChI is InChI=1S/C25H18F3NO5/c1-34-19-10-3-6-15(12-19)22(31)20-21(14-5-2-9-18(30)11-14)29(24(33)23(20)32)17-8-4-7-16(13-17)25(26,27)28/h2-13,21,30-31H,1H3/b22-20+. The first-order valence-corrected chi connectivity index (χ1v) is 10.0. The second kappa shape index (κ2) is 8.58. The number of hydrogen-bond donors (Lipinski definition) is 2. The highest BCUT2D eigenvalue weighted by Gasteiger charge is 2.47. The molecule has 0 bridgehead atoms. The van der Waals surface area contributed by atoms with Crippen LogP contribution in [0.25, 0.3) is 5.76 Å². The number of carbonyl (C=O) groups excluding carboxylic acids is 2. The average Bonchev–Trinajstić information content (AvgIpc) is 3.08. The summed E-state index contributed by atoms with van der Waals surface area (Å²) in [5.74, 6) is -2.53. The molecule has 6 nitrogen and oxygen atoms in total. The number of methoxy groups -OCH3 is 1. The number of ether oxygens (including phenoxy) is 1. The Morgan fingerprint density at radius 2 is 1.68 bits per heavy atom. The molecule has 1 unspecified atom stereocenters. The molecule has 0 aliphatic carbocycles. The molecular formula is C25H18F3NO5. The summed E-state index contributed by atoms with van der Waals surface area (Å²) < 4.78 is 45.1. The maximum absolute atomic E-state index is 13.3. The van der Waals surface area contributed by atoms with Crippen molar-refractivity contribution in [2.24, 2.45) is 0 Å². The molecule has 34 heavy (non-hydrogen) atoms. The number of nitrogens with zero attached hydrogens (tertiary/aromatic N) is 1. The number of alkyl halides is 3. The summed E-state index contributed by atoms with van der Waals surface area (Å²) in [5, 5.41) is 21.1. The lowest BCUT2D eigenvalue weighted by Gasteiger charge is -2.26. The number of hydrogen-bond acceptors (Lipinski definition) is 5. The first kappa shape index (κ1) is 22.9. The van der Waals surface area contributed by atoms with Crippen LogP contribution in [0.1, 0.15) is 22.7 Å². The highest BCUT2D eigenvalue weighted by Crippen LogP contribution is 2.44. The van der Waals surface area contributed by atoms with Gasteiger partial charge in [0.25, 0.3) is 11.7 Å². The zero-order chi connectivity index (χ0) is 24.6. The molecule has 0 aromatic heterocycles. The largest absolute Gasteiger partial charge is 0.508 e. The van der Waals surface area contributed by atoms with E-state index in [4.69, 9.17) is 4.74 Å². The van der Waals surface area contributed by atoms with E-state index in [0.717, 1.165) is 23.1 Å². The van der Waals surface area contributed by atoms with E-state index in [1.807, 2.05) is 0 Å². The van der Waals surface area contributed by atoms with Crippen LogP contribution in [0.4, 0.5) is 18.9 Å². The summed E-state index contributed by atoms with van der Waals surface area (Å²) in [4.78, 5) is 27.0. The second-order valence-corrected chi connectivity index (χ2v) is 7.54. The third-order valence-electron chi connectivity index (χ3n) is 5.43. The van der Waals surface area contributed by atoms with Gasteiger partial charge in [0.05, 0.1) is 24.3 Å². The molecule has 1 fully saturated rings. The molecule has 0 radical (unpaired) electrons. The van der Waals surface area contributed by atoms with E-state index in [2.05, 4.69) is 0 Å². The van der Waals surface area contributed by atoms with E-state index in [1.54, 1.807) is 12.1 Å². The van der Waals surface area contributed by atoms with Gasteiger partial charge < -0.3 is 14.9 Å². The van der Waals surface area contributed by atoms with Crippen molar-refractivity contribution >= 4 is 23.1 Å². The van der Waals surface area contributed by atoms with Gasteiger partial charge >= 0.3 is 6.18 Å². The Bertz CT molecular complexity index is 1320. The van der Waals surface area contributed by atoms with Crippen LogP contribution in [0.15, 0.2) is 78.4 Å². The number of aromatic hydroxyl groups is 1. The van der Waals surface area contributed by atoms with Gasteiger partial charge in [-0.05, 0) is 48.0 Å². The van der Waals surface area contributed by atoms with Gasteiger partial charge in [-0.15, -0.1) is 0 Å². The third kappa shape index (κ3) is 4.07. The molecular weight excluding hydrogens is 451 g/mol. The number of halogens is 3. The van der Waals surface area contributed by atoms with Crippen molar-refractivity contribution in [1.29, 1.82) is 0 Å². The molecule has 4 rings (SSSR count). The van der Waals surface area contributed by atoms with Crippen molar-refractivity contribution in [3.63, 3.8) is 0 Å². The van der Waals surface area contributed by atoms with Gasteiger partial charge in [0, 0.05) is 11.3 Å². The Hall–Kier alpha value is -4.27. The molecule has 1 atom stereocenters. The molecule has 1 aliphatic heterocycles. The summed E-state index contributed by atoms with van der Waals surface area (Å²) in [6.45, 7) is 0. The summed E-state index contributed by atoms with van der Waals surface area (Å²) >= 11 is 0. The molecule has 1 aliphatic rings. The minimum Gasteiger partial charge on any atom is -0.508 e. The number of Topliss-reactive ketones (excluding diaryl/α,β-unsaturated/α-hetero) is 1. The summed E-state index contributed by atoms with van der Waals surface area (Å²) in [5.41, 5.74) is -1.13. The SMILES string of the molecule is COc1cccc(/C(O)=C2\C(=O)C(=O)N(c3cccc(C(F)(F)F)c3)C2c2cccc(O)c2)c1. The number of aliphatic hydroxyl groups excluding tert-OH is 1. The molecule has 1 amide bonds. The highest BCUT2D eigenvalue weighted by atomic mass is 19.4. The van der Waals surface area contributed by atoms with Crippen LogP contribution in [0.3, 0.4) is 0 Å². The smallest absolute Gasteiger partial charge is 0.416 e. The van der Waals surface area contributed by atoms with Crippen molar-refractivity contribution in [3.05, 3.63) is 95.1 Å². The molecule has 0 saturated carbocycles. The molecule has 0 spiro atoms. The molecule has 9 heteroatoms. The number of amides is 1. The van der Waals surface area contributed by atoms with Crippen LogP contribution < -0.4 is 9.64 Å². The zero-order valence-electron chi connectivity index (χ0n) is 17.7. The van der Waals surface area contributed by atoms with Crippen LogP contribution in [0.5, 0.6) is 11.5 Å². The van der Waals surface area contributed by atoms with Crippen LogP contribution in [-0.4, -0.2) is 29.0 Å². The minimum absolute atomic E-state index is 0.173. The van der Waals surface area contributed by atoms with Crippen LogP contribution in [0.2, 0.25) is 0 Å². The molecule has 3 aromatic rings. The van der Waals surface area contributed by atoms with Crippen molar-refractivity contribution in [3.8, 4) is 11.5 Å². The van der Waals surface area contributed by atoms with E-state index < -0.39 is 35.2 Å².